The van der Waals surface area contributed by atoms with E-state index in [1.165, 1.54) is 43.5 Å². The fourth-order valence-electron chi connectivity index (χ4n) is 3.14. The van der Waals surface area contributed by atoms with E-state index in [1.54, 1.807) is 18.2 Å². The normalized spacial score (nSPS) is 18.3. The number of rotatable bonds is 7. The van der Waals surface area contributed by atoms with Gasteiger partial charge in [-0.15, -0.1) is 0 Å². The second-order valence-electron chi connectivity index (χ2n) is 7.06. The zero-order valence-corrected chi connectivity index (χ0v) is 17.5. The zero-order valence-electron chi connectivity index (χ0n) is 15.9. The van der Waals surface area contributed by atoms with Gasteiger partial charge in [0.05, 0.1) is 11.9 Å². The number of piperidine rings is 1. The van der Waals surface area contributed by atoms with E-state index < -0.39 is 10.0 Å². The predicted octanol–water partition coefficient (Wildman–Crippen LogP) is 2.49. The number of hydrogen-bond donors (Lipinski definition) is 2. The van der Waals surface area contributed by atoms with Crippen molar-refractivity contribution in [1.82, 2.24) is 10.2 Å². The van der Waals surface area contributed by atoms with E-state index in [0.717, 1.165) is 31.1 Å². The van der Waals surface area contributed by atoms with Crippen LogP contribution in [-0.2, 0) is 10.0 Å². The monoisotopic (exact) mass is 398 g/mol. The average molecular weight is 399 g/mol. The van der Waals surface area contributed by atoms with E-state index in [9.17, 15) is 8.42 Å². The summed E-state index contributed by atoms with van der Waals surface area (Å²) in [4.78, 5) is 2.52. The van der Waals surface area contributed by atoms with Gasteiger partial charge < -0.3 is 15.5 Å². The Morgan fingerprint density at radius 3 is 2.88 bits per heavy atom. The Labute approximate surface area is 163 Å². The van der Waals surface area contributed by atoms with Gasteiger partial charge in [0, 0.05) is 25.8 Å². The quantitative estimate of drug-likeness (QED) is 0.543. The Morgan fingerprint density at radius 2 is 2.19 bits per heavy atom. The maximum Gasteiger partial charge on any atom is 0.231 e. The lowest BCUT2D eigenvalue weighted by atomic mass is 10.0. The van der Waals surface area contributed by atoms with Crippen molar-refractivity contribution in [3.8, 4) is 0 Å². The van der Waals surface area contributed by atoms with Crippen LogP contribution in [0.15, 0.2) is 24.3 Å². The molecular weight excluding hydrogens is 368 g/mol. The van der Waals surface area contributed by atoms with Crippen LogP contribution in [0.25, 0.3) is 0 Å². The summed E-state index contributed by atoms with van der Waals surface area (Å²) >= 11 is 5.34. The highest BCUT2D eigenvalue weighted by molar-refractivity contribution is 7.92. The number of sulfonamides is 1. The molecule has 1 heterocycles. The molecule has 0 spiro atoms. The molecule has 1 aromatic rings. The van der Waals surface area contributed by atoms with Gasteiger partial charge in [-0.1, -0.05) is 13.0 Å². The van der Waals surface area contributed by atoms with Gasteiger partial charge in [-0.25, -0.2) is 8.42 Å². The standard InChI is InChI=1S/C18H30N4O2S2/c1-15-7-5-11-22(14-15)12-6-10-19-18(25)20-16-8-4-9-17(13-16)21(2)26(3,23)24/h4,8-9,13,15H,5-7,10-12,14H2,1-3H3,(H2,19,20,25)/t15-/m1/s1. The van der Waals surface area contributed by atoms with Crippen LogP contribution >= 0.6 is 12.2 Å². The van der Waals surface area contributed by atoms with Gasteiger partial charge in [0.2, 0.25) is 10.0 Å². The third kappa shape index (κ3) is 6.74. The molecular formula is C18H30N4O2S2. The number of anilines is 2. The maximum atomic E-state index is 11.7. The molecule has 0 bridgehead atoms. The number of likely N-dealkylation sites (tertiary alicyclic amines) is 1. The van der Waals surface area contributed by atoms with Crippen LogP contribution in [0.1, 0.15) is 26.2 Å². The molecule has 0 radical (unpaired) electrons. The highest BCUT2D eigenvalue weighted by atomic mass is 32.2. The predicted molar refractivity (Wildman–Crippen MR) is 113 cm³/mol. The summed E-state index contributed by atoms with van der Waals surface area (Å²) in [6.45, 7) is 6.63. The summed E-state index contributed by atoms with van der Waals surface area (Å²) in [6.07, 6.45) is 4.87. The number of hydrogen-bond acceptors (Lipinski definition) is 4. The Balaban J connectivity index is 1.75. The van der Waals surface area contributed by atoms with Gasteiger partial charge in [0.25, 0.3) is 0 Å². The summed E-state index contributed by atoms with van der Waals surface area (Å²) in [7, 11) is -1.75. The molecule has 26 heavy (non-hydrogen) atoms. The van der Waals surface area contributed by atoms with E-state index in [-0.39, 0.29) is 0 Å². The lowest BCUT2D eigenvalue weighted by Gasteiger charge is -2.30. The molecule has 8 heteroatoms. The number of thiocarbonyl (C=S) groups is 1. The van der Waals surface area contributed by atoms with Crippen molar-refractivity contribution in [2.75, 3.05) is 49.1 Å². The van der Waals surface area contributed by atoms with Crippen LogP contribution in [0.3, 0.4) is 0 Å². The molecule has 0 saturated carbocycles. The Morgan fingerprint density at radius 1 is 1.42 bits per heavy atom. The third-order valence-electron chi connectivity index (χ3n) is 4.64. The Bertz CT molecular complexity index is 709. The number of nitrogens with zero attached hydrogens (tertiary/aromatic N) is 2. The van der Waals surface area contributed by atoms with Crippen LogP contribution in [0, 0.1) is 5.92 Å². The SMILES string of the molecule is C[C@@H]1CCCN(CCCNC(=S)Nc2cccc(N(C)S(C)(=O)=O)c2)C1. The molecule has 1 aliphatic heterocycles. The molecule has 146 valence electrons. The van der Waals surface area contributed by atoms with Crippen LogP contribution < -0.4 is 14.9 Å². The minimum atomic E-state index is -3.28. The van der Waals surface area contributed by atoms with Crippen LogP contribution in [0.5, 0.6) is 0 Å². The first-order chi connectivity index (χ1) is 12.3. The summed E-state index contributed by atoms with van der Waals surface area (Å²) in [6, 6.07) is 7.19. The van der Waals surface area contributed by atoms with Gasteiger partial charge in [-0.05, 0) is 68.7 Å². The highest BCUT2D eigenvalue weighted by Crippen LogP contribution is 2.20. The Kier molecular flexibility index (Phi) is 7.67. The molecule has 0 aromatic heterocycles. The molecule has 0 unspecified atom stereocenters. The molecule has 1 atom stereocenters. The molecule has 1 aromatic carbocycles. The first-order valence-electron chi connectivity index (χ1n) is 9.07. The fourth-order valence-corrected chi connectivity index (χ4v) is 3.86. The van der Waals surface area contributed by atoms with Crippen molar-refractivity contribution in [1.29, 1.82) is 0 Å². The summed E-state index contributed by atoms with van der Waals surface area (Å²) in [5, 5.41) is 6.89. The van der Waals surface area contributed by atoms with Gasteiger partial charge >= 0.3 is 0 Å². The first kappa shape index (κ1) is 20.9. The second-order valence-corrected chi connectivity index (χ2v) is 9.49. The largest absolute Gasteiger partial charge is 0.362 e. The van der Waals surface area contributed by atoms with Crippen molar-refractivity contribution >= 4 is 38.7 Å². The number of benzene rings is 1. The van der Waals surface area contributed by atoms with Crippen molar-refractivity contribution in [2.24, 2.45) is 5.92 Å². The average Bonchev–Trinajstić information content (AvgIpc) is 2.57. The van der Waals surface area contributed by atoms with Gasteiger partial charge in [0.1, 0.15) is 0 Å². The van der Waals surface area contributed by atoms with E-state index in [2.05, 4.69) is 22.5 Å². The molecule has 2 N–H and O–H groups in total. The molecule has 0 amide bonds. The van der Waals surface area contributed by atoms with Gasteiger partial charge in [-0.2, -0.15) is 0 Å². The van der Waals surface area contributed by atoms with Crippen molar-refractivity contribution in [3.05, 3.63) is 24.3 Å². The Hall–Kier alpha value is -1.38. The zero-order chi connectivity index (χ0) is 19.2. The maximum absolute atomic E-state index is 11.7. The molecule has 1 aliphatic rings. The minimum absolute atomic E-state index is 0.552. The first-order valence-corrected chi connectivity index (χ1v) is 11.3. The fraction of sp³-hybridized carbons (Fsp3) is 0.611. The van der Waals surface area contributed by atoms with Gasteiger partial charge in [-0.3, -0.25) is 4.31 Å². The van der Waals surface area contributed by atoms with E-state index >= 15 is 0 Å². The molecule has 0 aliphatic carbocycles. The minimum Gasteiger partial charge on any atom is -0.362 e. The molecule has 1 fully saturated rings. The van der Waals surface area contributed by atoms with Crippen LogP contribution in [-0.4, -0.2) is 57.9 Å². The van der Waals surface area contributed by atoms with Crippen LogP contribution in [0.2, 0.25) is 0 Å². The third-order valence-corrected chi connectivity index (χ3v) is 6.10. The lowest BCUT2D eigenvalue weighted by Crippen LogP contribution is -2.37. The highest BCUT2D eigenvalue weighted by Gasteiger charge is 2.15. The van der Waals surface area contributed by atoms with E-state index in [0.29, 0.717) is 10.8 Å². The summed E-state index contributed by atoms with van der Waals surface area (Å²) in [5.41, 5.74) is 1.36. The van der Waals surface area contributed by atoms with Gasteiger partial charge in [0.15, 0.2) is 5.11 Å². The van der Waals surface area contributed by atoms with Crippen molar-refractivity contribution in [3.63, 3.8) is 0 Å². The van der Waals surface area contributed by atoms with Crippen LogP contribution in [0.4, 0.5) is 11.4 Å². The lowest BCUT2D eigenvalue weighted by molar-refractivity contribution is 0.182. The number of nitrogens with one attached hydrogen (secondary N) is 2. The van der Waals surface area contributed by atoms with E-state index in [1.807, 2.05) is 6.07 Å². The molecule has 1 saturated heterocycles. The topological polar surface area (TPSA) is 64.7 Å². The molecule has 2 rings (SSSR count). The smallest absolute Gasteiger partial charge is 0.231 e. The second kappa shape index (κ2) is 9.53. The summed E-state index contributed by atoms with van der Waals surface area (Å²) < 4.78 is 24.6. The van der Waals surface area contributed by atoms with Crippen molar-refractivity contribution in [2.45, 2.75) is 26.2 Å². The summed E-state index contributed by atoms with van der Waals surface area (Å²) in [5.74, 6) is 0.803. The van der Waals surface area contributed by atoms with E-state index in [4.69, 9.17) is 12.2 Å². The van der Waals surface area contributed by atoms with Crippen molar-refractivity contribution < 1.29 is 8.42 Å². The molecule has 6 nitrogen and oxygen atoms in total.